The van der Waals surface area contributed by atoms with Crippen molar-refractivity contribution in [2.45, 2.75) is 25.7 Å². The van der Waals surface area contributed by atoms with Crippen LogP contribution in [0.1, 0.15) is 31.4 Å². The molecule has 0 aliphatic carbocycles. The summed E-state index contributed by atoms with van der Waals surface area (Å²) in [6, 6.07) is 0. The minimum atomic E-state index is -3.16. The van der Waals surface area contributed by atoms with Crippen molar-refractivity contribution in [3.8, 4) is 0 Å². The molecule has 1 aromatic heterocycles. The number of oxazole rings is 1. The number of nitrogens with two attached hydrogens (primary N) is 1. The molecule has 0 atom stereocenters. The molecule has 0 saturated heterocycles. The van der Waals surface area contributed by atoms with E-state index < -0.39 is 18.4 Å². The van der Waals surface area contributed by atoms with E-state index in [0.29, 0.717) is 5.69 Å². The monoisotopic (exact) mass is 190 g/mol. The van der Waals surface area contributed by atoms with Crippen molar-refractivity contribution in [1.29, 1.82) is 0 Å². The van der Waals surface area contributed by atoms with Crippen LogP contribution in [-0.2, 0) is 5.92 Å². The molecule has 0 aliphatic rings. The Labute approximate surface area is 74.9 Å². The lowest BCUT2D eigenvalue weighted by molar-refractivity contribution is -0.0214. The summed E-state index contributed by atoms with van der Waals surface area (Å²) in [6.07, 6.45) is 1.24. The standard InChI is InChI=1S/C8H12F2N2O/c1-5(2)6-3-13-7(12-6)8(9,10)4-11/h3,5H,4,11H2,1-2H3. The first kappa shape index (κ1) is 10.1. The van der Waals surface area contributed by atoms with Crippen molar-refractivity contribution in [2.75, 3.05) is 6.54 Å². The molecule has 5 heteroatoms. The Kier molecular flexibility index (Phi) is 2.66. The quantitative estimate of drug-likeness (QED) is 0.791. The number of nitrogens with zero attached hydrogens (tertiary/aromatic N) is 1. The second-order valence-corrected chi connectivity index (χ2v) is 3.14. The third kappa shape index (κ3) is 2.03. The van der Waals surface area contributed by atoms with E-state index in [0.717, 1.165) is 0 Å². The lowest BCUT2D eigenvalue weighted by Gasteiger charge is -2.07. The van der Waals surface area contributed by atoms with E-state index in [2.05, 4.69) is 9.40 Å². The first-order chi connectivity index (χ1) is 5.97. The van der Waals surface area contributed by atoms with Crippen LogP contribution in [0.25, 0.3) is 0 Å². The predicted molar refractivity (Wildman–Crippen MR) is 43.5 cm³/mol. The normalized spacial score (nSPS) is 12.5. The lowest BCUT2D eigenvalue weighted by Crippen LogP contribution is -2.25. The molecule has 1 heterocycles. The summed E-state index contributed by atoms with van der Waals surface area (Å²) >= 11 is 0. The maximum Gasteiger partial charge on any atom is 0.334 e. The molecular weight excluding hydrogens is 178 g/mol. The van der Waals surface area contributed by atoms with Crippen LogP contribution in [0.2, 0.25) is 0 Å². The van der Waals surface area contributed by atoms with Gasteiger partial charge in [0.1, 0.15) is 6.26 Å². The lowest BCUT2D eigenvalue weighted by atomic mass is 10.2. The molecule has 0 bridgehead atoms. The highest BCUT2D eigenvalue weighted by molar-refractivity contribution is 5.05. The van der Waals surface area contributed by atoms with Gasteiger partial charge in [0, 0.05) is 0 Å². The van der Waals surface area contributed by atoms with Crippen molar-refractivity contribution < 1.29 is 13.2 Å². The van der Waals surface area contributed by atoms with Gasteiger partial charge in [0.2, 0.25) is 0 Å². The molecule has 74 valence electrons. The highest BCUT2D eigenvalue weighted by Crippen LogP contribution is 2.27. The molecule has 1 rings (SSSR count). The largest absolute Gasteiger partial charge is 0.443 e. The van der Waals surface area contributed by atoms with Crippen LogP contribution in [0.4, 0.5) is 8.78 Å². The van der Waals surface area contributed by atoms with Crippen LogP contribution in [0.3, 0.4) is 0 Å². The Morgan fingerprint density at radius 1 is 1.62 bits per heavy atom. The Hall–Kier alpha value is -0.970. The van der Waals surface area contributed by atoms with Crippen LogP contribution in [0.5, 0.6) is 0 Å². The highest BCUT2D eigenvalue weighted by atomic mass is 19.3. The Bertz CT molecular complexity index is 283. The van der Waals surface area contributed by atoms with Gasteiger partial charge >= 0.3 is 5.92 Å². The van der Waals surface area contributed by atoms with Gasteiger partial charge in [-0.05, 0) is 5.92 Å². The van der Waals surface area contributed by atoms with Gasteiger partial charge < -0.3 is 10.2 Å². The fourth-order valence-corrected chi connectivity index (χ4v) is 0.807. The number of hydrogen-bond acceptors (Lipinski definition) is 3. The number of rotatable bonds is 3. The summed E-state index contributed by atoms with van der Waals surface area (Å²) < 4.78 is 30.4. The first-order valence-electron chi connectivity index (χ1n) is 4.01. The van der Waals surface area contributed by atoms with E-state index in [1.165, 1.54) is 6.26 Å². The molecule has 0 unspecified atom stereocenters. The Morgan fingerprint density at radius 3 is 2.62 bits per heavy atom. The highest BCUT2D eigenvalue weighted by Gasteiger charge is 2.35. The number of aromatic nitrogens is 1. The number of halogens is 2. The van der Waals surface area contributed by atoms with Gasteiger partial charge in [-0.25, -0.2) is 4.98 Å². The van der Waals surface area contributed by atoms with E-state index in [-0.39, 0.29) is 5.92 Å². The molecule has 0 spiro atoms. The van der Waals surface area contributed by atoms with E-state index in [4.69, 9.17) is 5.73 Å². The summed E-state index contributed by atoms with van der Waals surface area (Å²) in [5.41, 5.74) is 5.39. The van der Waals surface area contributed by atoms with Crippen LogP contribution < -0.4 is 5.73 Å². The summed E-state index contributed by atoms with van der Waals surface area (Å²) in [4.78, 5) is 3.66. The topological polar surface area (TPSA) is 52.0 Å². The SMILES string of the molecule is CC(C)c1coc(C(F)(F)CN)n1. The van der Waals surface area contributed by atoms with Crippen LogP contribution in [0.15, 0.2) is 10.7 Å². The van der Waals surface area contributed by atoms with E-state index in [1.807, 2.05) is 13.8 Å². The maximum absolute atomic E-state index is 12.9. The maximum atomic E-state index is 12.9. The fourth-order valence-electron chi connectivity index (χ4n) is 0.807. The van der Waals surface area contributed by atoms with Crippen LogP contribution >= 0.6 is 0 Å². The average Bonchev–Trinajstić information content (AvgIpc) is 2.52. The summed E-state index contributed by atoms with van der Waals surface area (Å²) in [6.45, 7) is 2.91. The van der Waals surface area contributed by atoms with Gasteiger partial charge in [0.15, 0.2) is 0 Å². The molecule has 0 saturated carbocycles. The van der Waals surface area contributed by atoms with Gasteiger partial charge in [0.25, 0.3) is 5.89 Å². The third-order valence-corrected chi connectivity index (χ3v) is 1.68. The second-order valence-electron chi connectivity index (χ2n) is 3.14. The Morgan fingerprint density at radius 2 is 2.23 bits per heavy atom. The molecule has 0 aromatic carbocycles. The smallest absolute Gasteiger partial charge is 0.334 e. The molecule has 2 N–H and O–H groups in total. The van der Waals surface area contributed by atoms with Crippen molar-refractivity contribution in [3.05, 3.63) is 17.8 Å². The molecule has 3 nitrogen and oxygen atoms in total. The van der Waals surface area contributed by atoms with E-state index in [9.17, 15) is 8.78 Å². The van der Waals surface area contributed by atoms with Crippen molar-refractivity contribution in [3.63, 3.8) is 0 Å². The molecular formula is C8H12F2N2O. The number of hydrogen-bond donors (Lipinski definition) is 1. The minimum absolute atomic E-state index is 0.0751. The fraction of sp³-hybridized carbons (Fsp3) is 0.625. The summed E-state index contributed by atoms with van der Waals surface area (Å²) in [5.74, 6) is -3.68. The van der Waals surface area contributed by atoms with E-state index >= 15 is 0 Å². The van der Waals surface area contributed by atoms with Crippen LogP contribution in [-0.4, -0.2) is 11.5 Å². The summed E-state index contributed by atoms with van der Waals surface area (Å²) in [5, 5.41) is 0. The van der Waals surface area contributed by atoms with E-state index in [1.54, 1.807) is 0 Å². The van der Waals surface area contributed by atoms with Gasteiger partial charge in [-0.2, -0.15) is 8.78 Å². The van der Waals surface area contributed by atoms with Gasteiger partial charge in [-0.3, -0.25) is 0 Å². The zero-order valence-electron chi connectivity index (χ0n) is 7.55. The van der Waals surface area contributed by atoms with Gasteiger partial charge in [-0.15, -0.1) is 0 Å². The molecule has 1 aromatic rings. The number of alkyl halides is 2. The van der Waals surface area contributed by atoms with Gasteiger partial charge in [0.05, 0.1) is 12.2 Å². The zero-order valence-corrected chi connectivity index (χ0v) is 7.55. The first-order valence-corrected chi connectivity index (χ1v) is 4.01. The third-order valence-electron chi connectivity index (χ3n) is 1.68. The molecule has 0 amide bonds. The van der Waals surface area contributed by atoms with Crippen molar-refractivity contribution in [1.82, 2.24) is 4.98 Å². The second kappa shape index (κ2) is 3.41. The minimum Gasteiger partial charge on any atom is -0.443 e. The van der Waals surface area contributed by atoms with Crippen LogP contribution in [0, 0.1) is 0 Å². The molecule has 0 aliphatic heterocycles. The Balaban J connectivity index is 2.91. The average molecular weight is 190 g/mol. The van der Waals surface area contributed by atoms with Crippen molar-refractivity contribution >= 4 is 0 Å². The molecule has 0 fully saturated rings. The van der Waals surface area contributed by atoms with Gasteiger partial charge in [-0.1, -0.05) is 13.8 Å². The predicted octanol–water partition coefficient (Wildman–Crippen LogP) is 1.85. The molecule has 13 heavy (non-hydrogen) atoms. The summed E-state index contributed by atoms with van der Waals surface area (Å²) in [7, 11) is 0. The molecule has 0 radical (unpaired) electrons. The van der Waals surface area contributed by atoms with Crippen molar-refractivity contribution in [2.24, 2.45) is 5.73 Å². The zero-order chi connectivity index (χ0) is 10.1.